The summed E-state index contributed by atoms with van der Waals surface area (Å²) < 4.78 is 27.1. The Kier molecular flexibility index (Phi) is 3.96. The van der Waals surface area contributed by atoms with E-state index in [1.54, 1.807) is 69.3 Å². The molecule has 2 rings (SSSR count). The van der Waals surface area contributed by atoms with Crippen LogP contribution in [0.15, 0.2) is 59.5 Å². The van der Waals surface area contributed by atoms with Gasteiger partial charge in [0.1, 0.15) is 5.75 Å². The summed E-state index contributed by atoms with van der Waals surface area (Å²) in [7, 11) is -3.76. The Morgan fingerprint density at radius 1 is 0.905 bits per heavy atom. The number of phenols is 1. The van der Waals surface area contributed by atoms with Gasteiger partial charge in [-0.25, -0.2) is 8.42 Å². The van der Waals surface area contributed by atoms with Crippen LogP contribution in [0.1, 0.15) is 20.8 Å². The van der Waals surface area contributed by atoms with Crippen LogP contribution in [0.3, 0.4) is 0 Å². The molecule has 5 heteroatoms. The van der Waals surface area contributed by atoms with E-state index in [1.165, 1.54) is 10.4 Å². The summed E-state index contributed by atoms with van der Waals surface area (Å²) in [6.45, 7) is 5.37. The molecule has 4 nitrogen and oxygen atoms in total. The van der Waals surface area contributed by atoms with Gasteiger partial charge in [0.25, 0.3) is 10.0 Å². The molecule has 0 heterocycles. The number of rotatable bonds is 3. The van der Waals surface area contributed by atoms with Gasteiger partial charge in [-0.2, -0.15) is 0 Å². The van der Waals surface area contributed by atoms with E-state index in [9.17, 15) is 13.5 Å². The van der Waals surface area contributed by atoms with E-state index in [0.717, 1.165) is 0 Å². The van der Waals surface area contributed by atoms with Crippen molar-refractivity contribution in [1.29, 1.82) is 0 Å². The van der Waals surface area contributed by atoms with Gasteiger partial charge in [0.05, 0.1) is 10.6 Å². The Morgan fingerprint density at radius 3 is 1.95 bits per heavy atom. The van der Waals surface area contributed by atoms with E-state index in [-0.39, 0.29) is 16.3 Å². The van der Waals surface area contributed by atoms with Gasteiger partial charge >= 0.3 is 0 Å². The topological polar surface area (TPSA) is 57.6 Å². The summed E-state index contributed by atoms with van der Waals surface area (Å²) in [5.41, 5.74) is -0.443. The molecule has 2 aromatic rings. The van der Waals surface area contributed by atoms with Crippen LogP contribution in [0, 0.1) is 0 Å². The third kappa shape index (κ3) is 3.03. The molecule has 21 heavy (non-hydrogen) atoms. The molecule has 0 radical (unpaired) electrons. The molecule has 0 saturated carbocycles. The molecule has 0 bridgehead atoms. The van der Waals surface area contributed by atoms with Crippen molar-refractivity contribution in [3.63, 3.8) is 0 Å². The SMILES string of the molecule is CC(C)(C)N(c1ccccc1O)S(=O)(=O)c1ccccc1. The molecule has 0 fully saturated rings. The Hall–Kier alpha value is -2.01. The Balaban J connectivity index is 2.66. The van der Waals surface area contributed by atoms with Crippen molar-refractivity contribution in [2.75, 3.05) is 4.31 Å². The van der Waals surface area contributed by atoms with Gasteiger partial charge in [-0.3, -0.25) is 4.31 Å². The molecule has 0 saturated heterocycles. The number of anilines is 1. The number of phenolic OH excluding ortho intramolecular Hbond substituents is 1. The quantitative estimate of drug-likeness (QED) is 0.945. The van der Waals surface area contributed by atoms with Gasteiger partial charge in [-0.15, -0.1) is 0 Å². The van der Waals surface area contributed by atoms with Crippen LogP contribution >= 0.6 is 0 Å². The Morgan fingerprint density at radius 2 is 1.43 bits per heavy atom. The number of hydrogen-bond donors (Lipinski definition) is 1. The molecule has 0 unspecified atom stereocenters. The highest BCUT2D eigenvalue weighted by Crippen LogP contribution is 2.36. The summed E-state index contributed by atoms with van der Waals surface area (Å²) in [6, 6.07) is 14.7. The van der Waals surface area contributed by atoms with Crippen molar-refractivity contribution in [3.8, 4) is 5.75 Å². The van der Waals surface area contributed by atoms with Crippen LogP contribution in [0.25, 0.3) is 0 Å². The molecule has 112 valence electrons. The first-order valence-electron chi connectivity index (χ1n) is 6.63. The van der Waals surface area contributed by atoms with Crippen LogP contribution in [0.5, 0.6) is 5.75 Å². The number of para-hydroxylation sites is 2. The maximum atomic E-state index is 12.9. The monoisotopic (exact) mass is 305 g/mol. The first kappa shape index (κ1) is 15.4. The second kappa shape index (κ2) is 5.41. The van der Waals surface area contributed by atoms with E-state index < -0.39 is 15.6 Å². The maximum absolute atomic E-state index is 12.9. The first-order chi connectivity index (χ1) is 9.74. The van der Waals surface area contributed by atoms with Crippen molar-refractivity contribution >= 4 is 15.7 Å². The first-order valence-corrected chi connectivity index (χ1v) is 8.07. The molecular weight excluding hydrogens is 286 g/mol. The molecule has 0 aliphatic carbocycles. The summed E-state index contributed by atoms with van der Waals surface area (Å²) in [6.07, 6.45) is 0. The van der Waals surface area contributed by atoms with Gasteiger partial charge < -0.3 is 5.11 Å². The van der Waals surface area contributed by atoms with Crippen molar-refractivity contribution in [2.45, 2.75) is 31.2 Å². The molecule has 0 atom stereocenters. The van der Waals surface area contributed by atoms with Gasteiger partial charge in [0, 0.05) is 5.54 Å². The predicted octanol–water partition coefficient (Wildman–Crippen LogP) is 3.39. The molecule has 0 aromatic heterocycles. The van der Waals surface area contributed by atoms with Gasteiger partial charge in [0.15, 0.2) is 0 Å². The molecule has 0 aliphatic heterocycles. The lowest BCUT2D eigenvalue weighted by atomic mass is 10.1. The summed E-state index contributed by atoms with van der Waals surface area (Å²) in [5.74, 6) is -0.0630. The average molecular weight is 305 g/mol. The number of benzene rings is 2. The predicted molar refractivity (Wildman–Crippen MR) is 84.0 cm³/mol. The van der Waals surface area contributed by atoms with Crippen LogP contribution in [-0.2, 0) is 10.0 Å². The number of sulfonamides is 1. The number of aromatic hydroxyl groups is 1. The smallest absolute Gasteiger partial charge is 0.264 e. The Bertz CT molecular complexity index is 719. The lowest BCUT2D eigenvalue weighted by Gasteiger charge is -2.36. The van der Waals surface area contributed by atoms with Crippen LogP contribution in [0.4, 0.5) is 5.69 Å². The molecule has 0 aliphatic rings. The molecule has 0 amide bonds. The fourth-order valence-corrected chi connectivity index (χ4v) is 4.03. The maximum Gasteiger partial charge on any atom is 0.264 e. The van der Waals surface area contributed by atoms with Gasteiger partial charge in [-0.1, -0.05) is 30.3 Å². The number of hydrogen-bond acceptors (Lipinski definition) is 3. The highest BCUT2D eigenvalue weighted by atomic mass is 32.2. The normalized spacial score (nSPS) is 12.1. The lowest BCUT2D eigenvalue weighted by Crippen LogP contribution is -2.45. The molecular formula is C16H19NO3S. The minimum absolute atomic E-state index is 0.0630. The van der Waals surface area contributed by atoms with Crippen molar-refractivity contribution < 1.29 is 13.5 Å². The fraction of sp³-hybridized carbons (Fsp3) is 0.250. The average Bonchev–Trinajstić information content (AvgIpc) is 2.40. The molecule has 1 N–H and O–H groups in total. The fourth-order valence-electron chi connectivity index (χ4n) is 2.19. The highest BCUT2D eigenvalue weighted by molar-refractivity contribution is 7.93. The zero-order chi connectivity index (χ0) is 15.7. The summed E-state index contributed by atoms with van der Waals surface area (Å²) >= 11 is 0. The van der Waals surface area contributed by atoms with Gasteiger partial charge in [-0.05, 0) is 45.0 Å². The van der Waals surface area contributed by atoms with E-state index in [2.05, 4.69) is 0 Å². The zero-order valence-corrected chi connectivity index (χ0v) is 13.1. The third-order valence-corrected chi connectivity index (χ3v) is 5.08. The van der Waals surface area contributed by atoms with E-state index in [0.29, 0.717) is 0 Å². The largest absolute Gasteiger partial charge is 0.506 e. The number of nitrogens with zero attached hydrogens (tertiary/aromatic N) is 1. The van der Waals surface area contributed by atoms with Crippen LogP contribution in [0.2, 0.25) is 0 Å². The van der Waals surface area contributed by atoms with Gasteiger partial charge in [0.2, 0.25) is 0 Å². The highest BCUT2D eigenvalue weighted by Gasteiger charge is 2.35. The summed E-state index contributed by atoms with van der Waals surface area (Å²) in [4.78, 5) is 0.197. The second-order valence-electron chi connectivity index (χ2n) is 5.74. The van der Waals surface area contributed by atoms with Crippen molar-refractivity contribution in [3.05, 3.63) is 54.6 Å². The van der Waals surface area contributed by atoms with E-state index in [1.807, 2.05) is 0 Å². The molecule has 2 aromatic carbocycles. The Labute approximate surface area is 125 Å². The summed E-state index contributed by atoms with van der Waals surface area (Å²) in [5, 5.41) is 10.0. The standard InChI is InChI=1S/C16H19NO3S/c1-16(2,3)17(14-11-7-8-12-15(14)18)21(19,20)13-9-5-4-6-10-13/h4-12,18H,1-3H3. The van der Waals surface area contributed by atoms with Crippen molar-refractivity contribution in [2.24, 2.45) is 0 Å². The third-order valence-electron chi connectivity index (χ3n) is 2.99. The molecule has 0 spiro atoms. The van der Waals surface area contributed by atoms with E-state index >= 15 is 0 Å². The minimum atomic E-state index is -3.76. The minimum Gasteiger partial charge on any atom is -0.506 e. The van der Waals surface area contributed by atoms with Crippen LogP contribution in [-0.4, -0.2) is 19.1 Å². The van der Waals surface area contributed by atoms with Crippen molar-refractivity contribution in [1.82, 2.24) is 0 Å². The lowest BCUT2D eigenvalue weighted by molar-refractivity contribution is 0.467. The zero-order valence-electron chi connectivity index (χ0n) is 12.3. The second-order valence-corrected chi connectivity index (χ2v) is 7.53. The van der Waals surface area contributed by atoms with E-state index in [4.69, 9.17) is 0 Å². The van der Waals surface area contributed by atoms with Crippen LogP contribution < -0.4 is 4.31 Å².